The van der Waals surface area contributed by atoms with Crippen LogP contribution in [-0.4, -0.2) is 50.6 Å². The Bertz CT molecular complexity index is 1310. The lowest BCUT2D eigenvalue weighted by Crippen LogP contribution is -2.19. The van der Waals surface area contributed by atoms with Crippen molar-refractivity contribution in [2.75, 3.05) is 18.9 Å². The number of carbonyl (C=O) groups excluding carboxylic acids is 1. The number of nitrogens with two attached hydrogens (primary N) is 1. The summed E-state index contributed by atoms with van der Waals surface area (Å²) in [7, 11) is 0. The third-order valence-electron chi connectivity index (χ3n) is 4.59. The molecular weight excluding hydrogens is 440 g/mol. The number of rotatable bonds is 9. The minimum Gasteiger partial charge on any atom is -0.494 e. The van der Waals surface area contributed by atoms with Crippen molar-refractivity contribution in [3.05, 3.63) is 59.8 Å². The van der Waals surface area contributed by atoms with Crippen LogP contribution in [0, 0.1) is 0 Å². The maximum atomic E-state index is 13.0. The largest absolute Gasteiger partial charge is 0.494 e. The van der Waals surface area contributed by atoms with Crippen molar-refractivity contribution in [2.24, 2.45) is 5.10 Å². The highest BCUT2D eigenvalue weighted by atomic mass is 16.6. The zero-order valence-electron chi connectivity index (χ0n) is 18.5. The van der Waals surface area contributed by atoms with Crippen molar-refractivity contribution in [3.63, 3.8) is 0 Å². The number of ether oxygens (including phenoxy) is 2. The second kappa shape index (κ2) is 10.3. The van der Waals surface area contributed by atoms with Gasteiger partial charge in [-0.1, -0.05) is 29.5 Å². The number of nitrogen functional groups attached to an aromatic ring is 1. The van der Waals surface area contributed by atoms with Crippen LogP contribution in [0.2, 0.25) is 0 Å². The van der Waals surface area contributed by atoms with E-state index in [4.69, 9.17) is 19.8 Å². The van der Waals surface area contributed by atoms with Crippen molar-refractivity contribution >= 4 is 17.9 Å². The van der Waals surface area contributed by atoms with E-state index in [9.17, 15) is 4.79 Å². The molecule has 0 fully saturated rings. The topological polar surface area (TPSA) is 156 Å². The summed E-state index contributed by atoms with van der Waals surface area (Å²) in [6.45, 7) is 4.75. The van der Waals surface area contributed by atoms with Crippen LogP contribution in [0.15, 0.2) is 58.3 Å². The Kier molecular flexibility index (Phi) is 6.77. The smallest absolute Gasteiger partial charge is 0.294 e. The Morgan fingerprint density at radius 1 is 1.15 bits per heavy atom. The molecule has 4 rings (SSSR count). The fraction of sp³-hybridized carbons (Fsp3) is 0.182. The van der Waals surface area contributed by atoms with Gasteiger partial charge in [0.15, 0.2) is 5.69 Å². The molecule has 3 N–H and O–H groups in total. The molecule has 0 aliphatic heterocycles. The van der Waals surface area contributed by atoms with Gasteiger partial charge in [-0.05, 0) is 48.4 Å². The number of para-hydroxylation sites is 1. The zero-order valence-corrected chi connectivity index (χ0v) is 18.5. The molecule has 0 atom stereocenters. The summed E-state index contributed by atoms with van der Waals surface area (Å²) in [4.78, 5) is 13.0. The van der Waals surface area contributed by atoms with Gasteiger partial charge < -0.3 is 15.2 Å². The molecule has 1 amide bonds. The minimum absolute atomic E-state index is 0.00806. The summed E-state index contributed by atoms with van der Waals surface area (Å²) >= 11 is 0. The summed E-state index contributed by atoms with van der Waals surface area (Å²) in [6, 6.07) is 14.4. The number of hydrogen-bond acceptors (Lipinski definition) is 10. The summed E-state index contributed by atoms with van der Waals surface area (Å²) < 4.78 is 17.1. The van der Waals surface area contributed by atoms with Crippen LogP contribution in [0.4, 0.5) is 5.82 Å². The van der Waals surface area contributed by atoms with E-state index < -0.39 is 5.91 Å². The number of nitrogens with one attached hydrogen (secondary N) is 1. The fourth-order valence-corrected chi connectivity index (χ4v) is 3.17. The molecule has 12 heteroatoms. The van der Waals surface area contributed by atoms with E-state index in [1.165, 1.54) is 10.9 Å². The Morgan fingerprint density at radius 2 is 1.97 bits per heavy atom. The maximum absolute atomic E-state index is 13.0. The molecule has 0 unspecified atom stereocenters. The lowest BCUT2D eigenvalue weighted by atomic mass is 10.1. The van der Waals surface area contributed by atoms with Gasteiger partial charge in [0, 0.05) is 11.1 Å². The molecule has 2 heterocycles. The first-order chi connectivity index (χ1) is 16.6. The van der Waals surface area contributed by atoms with Crippen LogP contribution in [0.25, 0.3) is 17.1 Å². The van der Waals surface area contributed by atoms with E-state index in [0.717, 1.165) is 0 Å². The number of hydrazone groups is 1. The minimum atomic E-state index is -0.594. The molecule has 0 bridgehead atoms. The molecule has 174 valence electrons. The molecule has 34 heavy (non-hydrogen) atoms. The summed E-state index contributed by atoms with van der Waals surface area (Å²) in [6.07, 6.45) is 1.49. The van der Waals surface area contributed by atoms with Crippen molar-refractivity contribution in [1.82, 2.24) is 30.7 Å². The summed E-state index contributed by atoms with van der Waals surface area (Å²) in [5.74, 6) is 0.748. The molecule has 0 radical (unpaired) electrons. The van der Waals surface area contributed by atoms with Gasteiger partial charge in [0.2, 0.25) is 11.6 Å². The van der Waals surface area contributed by atoms with Crippen molar-refractivity contribution < 1.29 is 18.9 Å². The van der Waals surface area contributed by atoms with Crippen molar-refractivity contribution in [1.29, 1.82) is 0 Å². The summed E-state index contributed by atoms with van der Waals surface area (Å²) in [5, 5.41) is 19.5. The zero-order chi connectivity index (χ0) is 23.9. The van der Waals surface area contributed by atoms with Gasteiger partial charge >= 0.3 is 0 Å². The van der Waals surface area contributed by atoms with Gasteiger partial charge in [0.05, 0.1) is 19.4 Å². The highest BCUT2D eigenvalue weighted by molar-refractivity contribution is 5.99. The maximum Gasteiger partial charge on any atom is 0.294 e. The Hall–Kier alpha value is -4.74. The van der Waals surface area contributed by atoms with Crippen LogP contribution in [0.1, 0.15) is 29.9 Å². The molecule has 0 saturated carbocycles. The third kappa shape index (κ3) is 4.70. The van der Waals surface area contributed by atoms with E-state index in [1.54, 1.807) is 24.3 Å². The molecule has 2 aromatic carbocycles. The van der Waals surface area contributed by atoms with Crippen molar-refractivity contribution in [2.45, 2.75) is 13.8 Å². The van der Waals surface area contributed by atoms with E-state index in [-0.39, 0.29) is 17.3 Å². The number of anilines is 1. The second-order valence-electron chi connectivity index (χ2n) is 6.80. The lowest BCUT2D eigenvalue weighted by Gasteiger charge is -2.08. The Balaban J connectivity index is 1.68. The third-order valence-corrected chi connectivity index (χ3v) is 4.59. The first-order valence-corrected chi connectivity index (χ1v) is 10.4. The van der Waals surface area contributed by atoms with Crippen molar-refractivity contribution in [3.8, 4) is 28.6 Å². The van der Waals surface area contributed by atoms with Crippen LogP contribution in [0.3, 0.4) is 0 Å². The fourth-order valence-electron chi connectivity index (χ4n) is 3.17. The standard InChI is InChI=1S/C22H22N8O4/c1-3-32-16-10-7-9-14(12-16)19-18(25-29-30(19)21-20(23)27-34-28-21)22(31)26-24-13-15-8-5-6-11-17(15)33-4-2/h5-13H,3-4H2,1-2H3,(H2,23,27)(H,26,31)/b24-13+. The normalized spacial score (nSPS) is 11.0. The number of nitrogens with zero attached hydrogens (tertiary/aromatic N) is 6. The number of benzene rings is 2. The number of carbonyl (C=O) groups is 1. The van der Waals surface area contributed by atoms with Gasteiger partial charge in [-0.2, -0.15) is 9.78 Å². The van der Waals surface area contributed by atoms with Crippen LogP contribution in [-0.2, 0) is 0 Å². The highest BCUT2D eigenvalue weighted by Gasteiger charge is 2.25. The predicted octanol–water partition coefficient (Wildman–Crippen LogP) is 2.46. The van der Waals surface area contributed by atoms with Gasteiger partial charge in [0.1, 0.15) is 17.2 Å². The van der Waals surface area contributed by atoms with Gasteiger partial charge in [0.25, 0.3) is 5.91 Å². The molecule has 0 saturated heterocycles. The van der Waals surface area contributed by atoms with Gasteiger partial charge in [-0.25, -0.2) is 10.1 Å². The van der Waals surface area contributed by atoms with Crippen LogP contribution in [0.5, 0.6) is 11.5 Å². The first-order valence-electron chi connectivity index (χ1n) is 10.4. The quantitative estimate of drug-likeness (QED) is 0.282. The molecule has 2 aromatic heterocycles. The van der Waals surface area contributed by atoms with Crippen LogP contribution < -0.4 is 20.6 Å². The SMILES string of the molecule is CCOc1cccc(-c2c(C(=O)N/N=C/c3ccccc3OCC)nnn2-c2nonc2N)c1. The molecule has 0 spiro atoms. The highest BCUT2D eigenvalue weighted by Crippen LogP contribution is 2.29. The van der Waals surface area contributed by atoms with Gasteiger partial charge in [-0.15, -0.1) is 5.10 Å². The first kappa shape index (κ1) is 22.5. The van der Waals surface area contributed by atoms with E-state index in [2.05, 4.69) is 31.2 Å². The molecular formula is C22H22N8O4. The number of aromatic nitrogens is 5. The van der Waals surface area contributed by atoms with Crippen LogP contribution >= 0.6 is 0 Å². The number of hydrogen-bond donors (Lipinski definition) is 2. The second-order valence-corrected chi connectivity index (χ2v) is 6.80. The molecule has 0 aliphatic rings. The average Bonchev–Trinajstić information content (AvgIpc) is 3.46. The number of amides is 1. The molecule has 12 nitrogen and oxygen atoms in total. The average molecular weight is 462 g/mol. The van der Waals surface area contributed by atoms with E-state index in [1.807, 2.05) is 38.1 Å². The Labute approximate surface area is 194 Å². The van der Waals surface area contributed by atoms with Gasteiger partial charge in [-0.3, -0.25) is 4.79 Å². The lowest BCUT2D eigenvalue weighted by molar-refractivity contribution is 0.0950. The molecule has 0 aliphatic carbocycles. The monoisotopic (exact) mass is 462 g/mol. The summed E-state index contributed by atoms with van der Waals surface area (Å²) in [5.41, 5.74) is 9.93. The predicted molar refractivity (Wildman–Crippen MR) is 123 cm³/mol. The Morgan fingerprint density at radius 3 is 2.74 bits per heavy atom. The van der Waals surface area contributed by atoms with E-state index >= 15 is 0 Å². The molecule has 4 aromatic rings. The van der Waals surface area contributed by atoms with E-state index in [0.29, 0.717) is 41.5 Å².